The van der Waals surface area contributed by atoms with Gasteiger partial charge in [-0.15, -0.1) is 0 Å². The van der Waals surface area contributed by atoms with Crippen LogP contribution < -0.4 is 0 Å². The molecule has 72 valence electrons. The van der Waals surface area contributed by atoms with Crippen LogP contribution in [0.2, 0.25) is 0 Å². The van der Waals surface area contributed by atoms with Crippen molar-refractivity contribution < 1.29 is 5.11 Å². The average molecular weight is 300 g/mol. The molecule has 0 aliphatic rings. The third-order valence-corrected chi connectivity index (χ3v) is 2.82. The van der Waals surface area contributed by atoms with E-state index in [4.69, 9.17) is 5.11 Å². The Hall–Kier alpha value is -0.880. The van der Waals surface area contributed by atoms with E-state index in [0.717, 1.165) is 9.26 Å². The quantitative estimate of drug-likeness (QED) is 0.861. The molecule has 0 amide bonds. The molecule has 0 aliphatic heterocycles. The molecular formula is C10H9IN2O. The first-order valence-electron chi connectivity index (χ1n) is 4.21. The van der Waals surface area contributed by atoms with Gasteiger partial charge in [0.2, 0.25) is 0 Å². The fourth-order valence-electron chi connectivity index (χ4n) is 1.22. The van der Waals surface area contributed by atoms with E-state index in [-0.39, 0.29) is 6.61 Å². The number of aliphatic hydroxyl groups is 1. The first-order valence-corrected chi connectivity index (χ1v) is 5.29. The van der Waals surface area contributed by atoms with E-state index in [1.165, 1.54) is 0 Å². The summed E-state index contributed by atoms with van der Waals surface area (Å²) in [7, 11) is 0. The van der Waals surface area contributed by atoms with Crippen LogP contribution in [0.4, 0.5) is 0 Å². The summed E-state index contributed by atoms with van der Waals surface area (Å²) in [6.07, 6.45) is 1.85. The van der Waals surface area contributed by atoms with Crippen LogP contribution in [0.5, 0.6) is 0 Å². The highest BCUT2D eigenvalue weighted by Gasteiger charge is 2.02. The number of hydrogen-bond donors (Lipinski definition) is 1. The molecule has 3 nitrogen and oxygen atoms in total. The molecule has 0 fully saturated rings. The van der Waals surface area contributed by atoms with Gasteiger partial charge in [0.15, 0.2) is 0 Å². The van der Waals surface area contributed by atoms with Crippen LogP contribution in [0.3, 0.4) is 0 Å². The van der Waals surface area contributed by atoms with E-state index in [1.807, 2.05) is 36.5 Å². The maximum atomic E-state index is 8.89. The lowest BCUT2D eigenvalue weighted by Gasteiger charge is -2.02. The van der Waals surface area contributed by atoms with Crippen molar-refractivity contribution in [2.24, 2.45) is 0 Å². The third-order valence-electron chi connectivity index (χ3n) is 1.91. The zero-order valence-corrected chi connectivity index (χ0v) is 9.55. The van der Waals surface area contributed by atoms with Crippen molar-refractivity contribution in [1.29, 1.82) is 0 Å². The standard InChI is InChI=1S/C10H9IN2O/c11-9-3-1-2-4-10(9)13-6-5-8(7-14)12-13/h1-6,14H,7H2. The van der Waals surface area contributed by atoms with Gasteiger partial charge in [-0.3, -0.25) is 0 Å². The zero-order chi connectivity index (χ0) is 9.97. The van der Waals surface area contributed by atoms with Gasteiger partial charge >= 0.3 is 0 Å². The largest absolute Gasteiger partial charge is 0.390 e. The fourth-order valence-corrected chi connectivity index (χ4v) is 1.85. The molecule has 0 unspecified atom stereocenters. The van der Waals surface area contributed by atoms with E-state index in [9.17, 15) is 0 Å². The second-order valence-corrected chi connectivity index (χ2v) is 4.02. The minimum absolute atomic E-state index is 0.0174. The van der Waals surface area contributed by atoms with E-state index >= 15 is 0 Å². The van der Waals surface area contributed by atoms with Gasteiger partial charge in [-0.1, -0.05) is 12.1 Å². The molecule has 0 atom stereocenters. The minimum Gasteiger partial charge on any atom is -0.390 e. The highest BCUT2D eigenvalue weighted by molar-refractivity contribution is 14.1. The molecule has 14 heavy (non-hydrogen) atoms. The maximum absolute atomic E-state index is 8.89. The number of hydrogen-bond acceptors (Lipinski definition) is 2. The third kappa shape index (κ3) is 1.80. The predicted molar refractivity (Wildman–Crippen MR) is 62.2 cm³/mol. The van der Waals surface area contributed by atoms with Crippen molar-refractivity contribution in [2.75, 3.05) is 0 Å². The van der Waals surface area contributed by atoms with Crippen LogP contribution in [0.15, 0.2) is 36.5 Å². The predicted octanol–water partition coefficient (Wildman–Crippen LogP) is 1.97. The van der Waals surface area contributed by atoms with Gasteiger partial charge in [-0.25, -0.2) is 4.68 Å². The average Bonchev–Trinajstić information content (AvgIpc) is 2.67. The topological polar surface area (TPSA) is 38.0 Å². The molecular weight excluding hydrogens is 291 g/mol. The van der Waals surface area contributed by atoms with Crippen LogP contribution in [-0.4, -0.2) is 14.9 Å². The Morgan fingerprint density at radius 3 is 2.71 bits per heavy atom. The Morgan fingerprint density at radius 1 is 1.29 bits per heavy atom. The number of aliphatic hydroxyl groups excluding tert-OH is 1. The van der Waals surface area contributed by atoms with Gasteiger partial charge in [-0.05, 0) is 40.8 Å². The summed E-state index contributed by atoms with van der Waals surface area (Å²) in [5.41, 5.74) is 1.72. The molecule has 4 heteroatoms. The van der Waals surface area contributed by atoms with Crippen molar-refractivity contribution in [3.63, 3.8) is 0 Å². The lowest BCUT2D eigenvalue weighted by atomic mass is 10.3. The van der Waals surface area contributed by atoms with Crippen LogP contribution in [0.1, 0.15) is 5.69 Å². The molecule has 2 rings (SSSR count). The second kappa shape index (κ2) is 4.10. The summed E-state index contributed by atoms with van der Waals surface area (Å²) >= 11 is 2.26. The Morgan fingerprint density at radius 2 is 2.07 bits per heavy atom. The molecule has 0 saturated carbocycles. The molecule has 0 saturated heterocycles. The van der Waals surface area contributed by atoms with Crippen LogP contribution in [0, 0.1) is 3.57 Å². The van der Waals surface area contributed by atoms with Crippen molar-refractivity contribution in [2.45, 2.75) is 6.61 Å². The van der Waals surface area contributed by atoms with E-state index in [0.29, 0.717) is 5.69 Å². The van der Waals surface area contributed by atoms with Gasteiger partial charge < -0.3 is 5.11 Å². The molecule has 1 aromatic carbocycles. The summed E-state index contributed by atoms with van der Waals surface area (Å²) < 4.78 is 2.91. The molecule has 0 spiro atoms. The summed E-state index contributed by atoms with van der Waals surface area (Å²) in [4.78, 5) is 0. The number of aromatic nitrogens is 2. The molecule has 2 aromatic rings. The second-order valence-electron chi connectivity index (χ2n) is 2.86. The van der Waals surface area contributed by atoms with Crippen molar-refractivity contribution in [3.05, 3.63) is 45.8 Å². The van der Waals surface area contributed by atoms with Gasteiger partial charge in [0.1, 0.15) is 0 Å². The molecule has 0 radical (unpaired) electrons. The molecule has 1 N–H and O–H groups in total. The van der Waals surface area contributed by atoms with Gasteiger partial charge in [0.25, 0.3) is 0 Å². The highest BCUT2D eigenvalue weighted by atomic mass is 127. The van der Waals surface area contributed by atoms with Crippen LogP contribution in [-0.2, 0) is 6.61 Å². The monoisotopic (exact) mass is 300 g/mol. The Balaban J connectivity index is 2.44. The van der Waals surface area contributed by atoms with E-state index < -0.39 is 0 Å². The van der Waals surface area contributed by atoms with E-state index in [2.05, 4.69) is 27.7 Å². The summed E-state index contributed by atoms with van der Waals surface area (Å²) in [5, 5.41) is 13.1. The molecule has 1 heterocycles. The van der Waals surface area contributed by atoms with Crippen molar-refractivity contribution in [3.8, 4) is 5.69 Å². The highest BCUT2D eigenvalue weighted by Crippen LogP contribution is 2.15. The van der Waals surface area contributed by atoms with Gasteiger partial charge in [0.05, 0.1) is 18.0 Å². The smallest absolute Gasteiger partial charge is 0.0883 e. The Labute approximate surface area is 95.5 Å². The lowest BCUT2D eigenvalue weighted by molar-refractivity contribution is 0.276. The maximum Gasteiger partial charge on any atom is 0.0883 e. The SMILES string of the molecule is OCc1ccn(-c2ccccc2I)n1. The number of benzene rings is 1. The molecule has 0 bridgehead atoms. The normalized spacial score (nSPS) is 10.4. The number of para-hydroxylation sites is 1. The van der Waals surface area contributed by atoms with Gasteiger partial charge in [-0.2, -0.15) is 5.10 Å². The van der Waals surface area contributed by atoms with Crippen molar-refractivity contribution >= 4 is 22.6 Å². The summed E-state index contributed by atoms with van der Waals surface area (Å²) in [6, 6.07) is 9.79. The van der Waals surface area contributed by atoms with Crippen LogP contribution in [0.25, 0.3) is 5.69 Å². The summed E-state index contributed by atoms with van der Waals surface area (Å²) in [6.45, 7) is -0.0174. The number of rotatable bonds is 2. The Bertz CT molecular complexity index is 439. The zero-order valence-electron chi connectivity index (χ0n) is 7.39. The van der Waals surface area contributed by atoms with Gasteiger partial charge in [0, 0.05) is 9.77 Å². The molecule has 0 aliphatic carbocycles. The Kier molecular flexibility index (Phi) is 2.83. The summed E-state index contributed by atoms with van der Waals surface area (Å²) in [5.74, 6) is 0. The minimum atomic E-state index is -0.0174. The first kappa shape index (κ1) is 9.67. The van der Waals surface area contributed by atoms with E-state index in [1.54, 1.807) is 4.68 Å². The van der Waals surface area contributed by atoms with Crippen LogP contribution >= 0.6 is 22.6 Å². The number of nitrogens with zero attached hydrogens (tertiary/aromatic N) is 2. The first-order chi connectivity index (χ1) is 6.81. The van der Waals surface area contributed by atoms with Crippen molar-refractivity contribution in [1.82, 2.24) is 9.78 Å². The molecule has 1 aromatic heterocycles. The lowest BCUT2D eigenvalue weighted by Crippen LogP contribution is -1.98. The fraction of sp³-hybridized carbons (Fsp3) is 0.100. The number of halogens is 1.